The van der Waals surface area contributed by atoms with Crippen LogP contribution in [-0.2, 0) is 12.8 Å². The van der Waals surface area contributed by atoms with Crippen molar-refractivity contribution in [3.63, 3.8) is 0 Å². The number of H-pyrrole nitrogens is 1. The zero-order chi connectivity index (χ0) is 13.9. The van der Waals surface area contributed by atoms with Crippen LogP contribution in [0.4, 0.5) is 0 Å². The molecule has 5 nitrogen and oxygen atoms in total. The van der Waals surface area contributed by atoms with Crippen molar-refractivity contribution in [2.45, 2.75) is 38.1 Å². The van der Waals surface area contributed by atoms with Crippen LogP contribution in [0.2, 0.25) is 0 Å². The van der Waals surface area contributed by atoms with Crippen molar-refractivity contribution >= 4 is 0 Å². The third kappa shape index (κ3) is 2.76. The predicted molar refractivity (Wildman–Crippen MR) is 76.1 cm³/mol. The van der Waals surface area contributed by atoms with Crippen molar-refractivity contribution in [3.05, 3.63) is 46.1 Å². The zero-order valence-corrected chi connectivity index (χ0v) is 11.6. The van der Waals surface area contributed by atoms with E-state index in [0.717, 1.165) is 43.7 Å². The second-order valence-electron chi connectivity index (χ2n) is 5.25. The van der Waals surface area contributed by atoms with Gasteiger partial charge in [0.25, 0.3) is 0 Å². The third-order valence-corrected chi connectivity index (χ3v) is 3.71. The molecule has 1 heterocycles. The molecule has 1 aromatic carbocycles. The summed E-state index contributed by atoms with van der Waals surface area (Å²) < 4.78 is 6.97. The molecule has 5 heteroatoms. The first-order chi connectivity index (χ1) is 9.78. The normalized spacial score (nSPS) is 14.4. The van der Waals surface area contributed by atoms with Crippen LogP contribution in [0.1, 0.15) is 36.7 Å². The molecule has 20 heavy (non-hydrogen) atoms. The first-order valence-electron chi connectivity index (χ1n) is 7.06. The summed E-state index contributed by atoms with van der Waals surface area (Å²) in [5, 5.41) is 6.70. The highest BCUT2D eigenvalue weighted by atomic mass is 16.5. The summed E-state index contributed by atoms with van der Waals surface area (Å²) in [6.45, 7) is 0. The Balaban J connectivity index is 1.58. The van der Waals surface area contributed by atoms with Crippen LogP contribution in [-0.4, -0.2) is 21.9 Å². The Morgan fingerprint density at radius 3 is 2.70 bits per heavy atom. The maximum atomic E-state index is 11.7. The number of hydrogen-bond acceptors (Lipinski definition) is 3. The third-order valence-electron chi connectivity index (χ3n) is 3.71. The fourth-order valence-corrected chi connectivity index (χ4v) is 2.47. The lowest BCUT2D eigenvalue weighted by Gasteiger charge is -2.05. The number of benzene rings is 1. The molecule has 0 saturated heterocycles. The van der Waals surface area contributed by atoms with Gasteiger partial charge in [-0.05, 0) is 43.4 Å². The minimum Gasteiger partial charge on any atom is -0.497 e. The first kappa shape index (κ1) is 13.0. The average molecular weight is 273 g/mol. The topological polar surface area (TPSA) is 59.9 Å². The number of aromatic nitrogens is 3. The molecule has 0 amide bonds. The van der Waals surface area contributed by atoms with Crippen LogP contribution in [0.5, 0.6) is 5.75 Å². The maximum Gasteiger partial charge on any atom is 0.343 e. The van der Waals surface area contributed by atoms with Crippen molar-refractivity contribution in [2.75, 3.05) is 7.11 Å². The number of ether oxygens (including phenoxy) is 1. The molecule has 1 aromatic heterocycles. The van der Waals surface area contributed by atoms with Gasteiger partial charge in [-0.3, -0.25) is 4.57 Å². The van der Waals surface area contributed by atoms with Gasteiger partial charge in [0.2, 0.25) is 0 Å². The van der Waals surface area contributed by atoms with Gasteiger partial charge in [0.1, 0.15) is 11.6 Å². The maximum absolute atomic E-state index is 11.7. The van der Waals surface area contributed by atoms with E-state index < -0.39 is 0 Å². The molecule has 0 radical (unpaired) electrons. The van der Waals surface area contributed by atoms with E-state index in [1.54, 1.807) is 7.11 Å². The standard InChI is InChI=1S/C15H19N3O2/c1-20-13-9-5-11(6-10-13)3-2-4-14-16-17-15(19)18(14)12-7-8-12/h5-6,9-10,12H,2-4,7-8H2,1H3,(H,17,19). The van der Waals surface area contributed by atoms with Gasteiger partial charge in [-0.1, -0.05) is 12.1 Å². The van der Waals surface area contributed by atoms with Crippen molar-refractivity contribution < 1.29 is 4.74 Å². The highest BCUT2D eigenvalue weighted by Gasteiger charge is 2.27. The van der Waals surface area contributed by atoms with Crippen molar-refractivity contribution in [1.29, 1.82) is 0 Å². The predicted octanol–water partition coefficient (Wildman–Crippen LogP) is 2.09. The molecule has 1 aliphatic carbocycles. The molecule has 2 aromatic rings. The van der Waals surface area contributed by atoms with Crippen LogP contribution in [0, 0.1) is 0 Å². The van der Waals surface area contributed by atoms with Gasteiger partial charge >= 0.3 is 5.69 Å². The molecule has 106 valence electrons. The Morgan fingerprint density at radius 2 is 2.05 bits per heavy atom. The summed E-state index contributed by atoms with van der Waals surface area (Å²) >= 11 is 0. The van der Waals surface area contributed by atoms with E-state index in [2.05, 4.69) is 22.3 Å². The van der Waals surface area contributed by atoms with Crippen LogP contribution in [0.3, 0.4) is 0 Å². The van der Waals surface area contributed by atoms with Crippen molar-refractivity contribution in [1.82, 2.24) is 14.8 Å². The summed E-state index contributed by atoms with van der Waals surface area (Å²) in [7, 11) is 1.67. The minimum atomic E-state index is -0.0630. The lowest BCUT2D eigenvalue weighted by Crippen LogP contribution is -2.17. The highest BCUT2D eigenvalue weighted by molar-refractivity contribution is 5.27. The first-order valence-corrected chi connectivity index (χ1v) is 7.06. The zero-order valence-electron chi connectivity index (χ0n) is 11.6. The monoisotopic (exact) mass is 273 g/mol. The van der Waals surface area contributed by atoms with Gasteiger partial charge < -0.3 is 4.74 Å². The largest absolute Gasteiger partial charge is 0.497 e. The van der Waals surface area contributed by atoms with Gasteiger partial charge in [0, 0.05) is 12.5 Å². The van der Waals surface area contributed by atoms with Gasteiger partial charge in [-0.25, -0.2) is 9.89 Å². The lowest BCUT2D eigenvalue weighted by atomic mass is 10.1. The number of nitrogens with one attached hydrogen (secondary N) is 1. The Bertz CT molecular complexity index is 623. The molecule has 0 aliphatic heterocycles. The number of aromatic amines is 1. The fraction of sp³-hybridized carbons (Fsp3) is 0.467. The van der Waals surface area contributed by atoms with E-state index in [9.17, 15) is 4.79 Å². The van der Waals surface area contributed by atoms with Crippen molar-refractivity contribution in [3.8, 4) is 5.75 Å². The van der Waals surface area contributed by atoms with Crippen LogP contribution in [0.15, 0.2) is 29.1 Å². The van der Waals surface area contributed by atoms with Crippen LogP contribution >= 0.6 is 0 Å². The van der Waals surface area contributed by atoms with E-state index >= 15 is 0 Å². The van der Waals surface area contributed by atoms with Crippen molar-refractivity contribution in [2.24, 2.45) is 0 Å². The summed E-state index contributed by atoms with van der Waals surface area (Å²) in [6.07, 6.45) is 5.01. The molecule has 3 rings (SSSR count). The Hall–Kier alpha value is -2.04. The molecule has 1 N–H and O–H groups in total. The second kappa shape index (κ2) is 5.53. The van der Waals surface area contributed by atoms with Crippen LogP contribution < -0.4 is 10.4 Å². The van der Waals surface area contributed by atoms with Gasteiger partial charge in [0.15, 0.2) is 0 Å². The van der Waals surface area contributed by atoms with Gasteiger partial charge in [0.05, 0.1) is 7.11 Å². The molecule has 1 aliphatic rings. The van der Waals surface area contributed by atoms with Gasteiger partial charge in [-0.15, -0.1) is 0 Å². The number of hydrogen-bond donors (Lipinski definition) is 1. The van der Waals surface area contributed by atoms with E-state index in [-0.39, 0.29) is 5.69 Å². The molecule has 0 spiro atoms. The summed E-state index contributed by atoms with van der Waals surface area (Å²) in [5.74, 6) is 1.77. The fourth-order valence-electron chi connectivity index (χ4n) is 2.47. The Morgan fingerprint density at radius 1 is 1.30 bits per heavy atom. The Kier molecular flexibility index (Phi) is 3.58. The summed E-state index contributed by atoms with van der Waals surface area (Å²) in [5.41, 5.74) is 1.22. The van der Waals surface area contributed by atoms with Crippen LogP contribution in [0.25, 0.3) is 0 Å². The van der Waals surface area contributed by atoms with E-state index in [0.29, 0.717) is 6.04 Å². The summed E-state index contributed by atoms with van der Waals surface area (Å²) in [4.78, 5) is 11.7. The quantitative estimate of drug-likeness (QED) is 0.876. The number of nitrogens with zero attached hydrogens (tertiary/aromatic N) is 2. The molecular formula is C15H19N3O2. The lowest BCUT2D eigenvalue weighted by molar-refractivity contribution is 0.414. The smallest absolute Gasteiger partial charge is 0.343 e. The average Bonchev–Trinajstić information content (AvgIpc) is 3.24. The molecule has 0 unspecified atom stereocenters. The Labute approximate surface area is 117 Å². The number of rotatable bonds is 6. The molecule has 0 bridgehead atoms. The number of aryl methyl sites for hydroxylation is 2. The SMILES string of the molecule is COc1ccc(CCCc2n[nH]c(=O)n2C2CC2)cc1. The molecule has 1 saturated carbocycles. The summed E-state index contributed by atoms with van der Waals surface area (Å²) in [6, 6.07) is 8.50. The van der Waals surface area contributed by atoms with Gasteiger partial charge in [-0.2, -0.15) is 5.10 Å². The highest BCUT2D eigenvalue weighted by Crippen LogP contribution is 2.34. The number of methoxy groups -OCH3 is 1. The molecule has 1 fully saturated rings. The molecular weight excluding hydrogens is 254 g/mol. The second-order valence-corrected chi connectivity index (χ2v) is 5.25. The minimum absolute atomic E-state index is 0.0630. The van der Waals surface area contributed by atoms with E-state index in [4.69, 9.17) is 4.74 Å². The van der Waals surface area contributed by atoms with E-state index in [1.807, 2.05) is 16.7 Å². The van der Waals surface area contributed by atoms with E-state index in [1.165, 1.54) is 5.56 Å². The molecule has 0 atom stereocenters.